The molecule has 25 heavy (non-hydrogen) atoms. The molecule has 0 aliphatic carbocycles. The van der Waals surface area contributed by atoms with Gasteiger partial charge in [-0.3, -0.25) is 4.99 Å². The van der Waals surface area contributed by atoms with Crippen LogP contribution in [-0.4, -0.2) is 40.3 Å². The summed E-state index contributed by atoms with van der Waals surface area (Å²) in [5.41, 5.74) is 2.40. The number of benzene rings is 2. The Morgan fingerprint density at radius 2 is 1.92 bits per heavy atom. The van der Waals surface area contributed by atoms with E-state index < -0.39 is 9.84 Å². The van der Waals surface area contributed by atoms with Gasteiger partial charge in [-0.2, -0.15) is 0 Å². The summed E-state index contributed by atoms with van der Waals surface area (Å²) in [4.78, 5) is 6.66. The monoisotopic (exact) mass is 377 g/mol. The highest BCUT2D eigenvalue weighted by Crippen LogP contribution is 2.27. The standard InChI is InChI=1S/C18H20ClN3O2S/c1-20-18(22-12-10-14-4-2-3-5-17(14)22)21-11-13-25(23,24)16-8-6-15(19)7-9-16/h2-9H,10-13H2,1H3,(H,20,21). The zero-order valence-corrected chi connectivity index (χ0v) is 15.5. The molecule has 0 amide bonds. The van der Waals surface area contributed by atoms with Crippen molar-refractivity contribution >= 4 is 33.1 Å². The fourth-order valence-electron chi connectivity index (χ4n) is 2.91. The van der Waals surface area contributed by atoms with Crippen molar-refractivity contribution in [3.63, 3.8) is 0 Å². The third kappa shape index (κ3) is 3.96. The molecular weight excluding hydrogens is 358 g/mol. The predicted molar refractivity (Wildman–Crippen MR) is 102 cm³/mol. The van der Waals surface area contributed by atoms with E-state index in [-0.39, 0.29) is 17.2 Å². The van der Waals surface area contributed by atoms with Crippen molar-refractivity contribution in [3.05, 3.63) is 59.1 Å². The number of guanidine groups is 1. The van der Waals surface area contributed by atoms with Gasteiger partial charge in [-0.25, -0.2) is 8.42 Å². The van der Waals surface area contributed by atoms with Gasteiger partial charge in [0.15, 0.2) is 15.8 Å². The Morgan fingerprint density at radius 3 is 2.64 bits per heavy atom. The van der Waals surface area contributed by atoms with Gasteiger partial charge in [0.25, 0.3) is 0 Å². The Kier molecular flexibility index (Phi) is 5.30. The molecule has 0 unspecified atom stereocenters. The van der Waals surface area contributed by atoms with Crippen LogP contribution < -0.4 is 10.2 Å². The first-order valence-corrected chi connectivity index (χ1v) is 10.1. The van der Waals surface area contributed by atoms with Crippen molar-refractivity contribution in [2.75, 3.05) is 30.8 Å². The molecule has 3 rings (SSSR count). The summed E-state index contributed by atoms with van der Waals surface area (Å²) in [5.74, 6) is 0.680. The van der Waals surface area contributed by atoms with E-state index in [0.717, 1.165) is 18.7 Å². The second-order valence-electron chi connectivity index (χ2n) is 5.78. The molecule has 0 spiro atoms. The van der Waals surface area contributed by atoms with E-state index in [9.17, 15) is 8.42 Å². The number of para-hydroxylation sites is 1. The topological polar surface area (TPSA) is 61.8 Å². The van der Waals surface area contributed by atoms with Crippen LogP contribution in [0.25, 0.3) is 0 Å². The molecule has 1 heterocycles. The van der Waals surface area contributed by atoms with Crippen molar-refractivity contribution in [1.29, 1.82) is 0 Å². The molecule has 2 aromatic rings. The van der Waals surface area contributed by atoms with Gasteiger partial charge in [0.05, 0.1) is 10.6 Å². The van der Waals surface area contributed by atoms with E-state index in [1.807, 2.05) is 12.1 Å². The lowest BCUT2D eigenvalue weighted by Crippen LogP contribution is -2.42. The molecule has 0 fully saturated rings. The third-order valence-electron chi connectivity index (χ3n) is 4.18. The van der Waals surface area contributed by atoms with Gasteiger partial charge in [0, 0.05) is 30.8 Å². The number of sulfone groups is 1. The number of fused-ring (bicyclic) bond motifs is 1. The van der Waals surface area contributed by atoms with Gasteiger partial charge in [0.2, 0.25) is 0 Å². The molecule has 132 valence electrons. The summed E-state index contributed by atoms with van der Waals surface area (Å²) >= 11 is 5.81. The van der Waals surface area contributed by atoms with Gasteiger partial charge in [-0.05, 0) is 42.3 Å². The molecule has 5 nitrogen and oxygen atoms in total. The highest BCUT2D eigenvalue weighted by molar-refractivity contribution is 7.91. The van der Waals surface area contributed by atoms with Crippen LogP contribution in [0.5, 0.6) is 0 Å². The van der Waals surface area contributed by atoms with E-state index in [1.54, 1.807) is 19.2 Å². The highest BCUT2D eigenvalue weighted by atomic mass is 35.5. The Labute approximate surface area is 153 Å². The lowest BCUT2D eigenvalue weighted by molar-refractivity contribution is 0.594. The van der Waals surface area contributed by atoms with Crippen LogP contribution in [0.1, 0.15) is 5.56 Å². The minimum atomic E-state index is -3.36. The predicted octanol–water partition coefficient (Wildman–Crippen LogP) is 2.75. The molecule has 1 aliphatic heterocycles. The number of rotatable bonds is 4. The van der Waals surface area contributed by atoms with Crippen molar-refractivity contribution in [1.82, 2.24) is 5.32 Å². The fourth-order valence-corrected chi connectivity index (χ4v) is 4.19. The van der Waals surface area contributed by atoms with Gasteiger partial charge in [-0.1, -0.05) is 29.8 Å². The Bertz CT molecular complexity index is 879. The molecule has 0 radical (unpaired) electrons. The van der Waals surface area contributed by atoms with Crippen LogP contribution in [-0.2, 0) is 16.3 Å². The SMILES string of the molecule is CN=C(NCCS(=O)(=O)c1ccc(Cl)cc1)N1CCc2ccccc21. The molecule has 1 N–H and O–H groups in total. The summed E-state index contributed by atoms with van der Waals surface area (Å²) in [5, 5.41) is 3.68. The van der Waals surface area contributed by atoms with E-state index in [4.69, 9.17) is 11.6 Å². The first-order chi connectivity index (χ1) is 12.0. The number of hydrogen-bond acceptors (Lipinski definition) is 3. The Morgan fingerprint density at radius 1 is 1.20 bits per heavy atom. The normalized spacial score (nSPS) is 14.5. The number of aliphatic imine (C=N–C) groups is 1. The summed E-state index contributed by atoms with van der Waals surface area (Å²) in [6.45, 7) is 1.12. The maximum Gasteiger partial charge on any atom is 0.198 e. The Balaban J connectivity index is 1.64. The summed E-state index contributed by atoms with van der Waals surface area (Å²) < 4.78 is 24.8. The quantitative estimate of drug-likeness (QED) is 0.657. The molecular formula is C18H20ClN3O2S. The fraction of sp³-hybridized carbons (Fsp3) is 0.278. The number of anilines is 1. The maximum absolute atomic E-state index is 12.4. The minimum absolute atomic E-state index is 0.0108. The summed E-state index contributed by atoms with van der Waals surface area (Å²) in [6, 6.07) is 14.4. The van der Waals surface area contributed by atoms with Crippen LogP contribution in [0.3, 0.4) is 0 Å². The molecule has 0 saturated carbocycles. The van der Waals surface area contributed by atoms with Crippen LogP contribution in [0.4, 0.5) is 5.69 Å². The van der Waals surface area contributed by atoms with E-state index in [2.05, 4.69) is 27.3 Å². The van der Waals surface area contributed by atoms with Crippen LogP contribution >= 0.6 is 11.6 Å². The molecule has 0 aromatic heterocycles. The highest BCUT2D eigenvalue weighted by Gasteiger charge is 2.22. The zero-order chi connectivity index (χ0) is 17.9. The lowest BCUT2D eigenvalue weighted by atomic mass is 10.2. The van der Waals surface area contributed by atoms with Gasteiger partial charge in [-0.15, -0.1) is 0 Å². The largest absolute Gasteiger partial charge is 0.355 e. The summed E-state index contributed by atoms with van der Waals surface area (Å²) in [7, 11) is -1.65. The van der Waals surface area contributed by atoms with E-state index in [0.29, 0.717) is 11.0 Å². The lowest BCUT2D eigenvalue weighted by Gasteiger charge is -2.22. The molecule has 0 saturated heterocycles. The molecule has 2 aromatic carbocycles. The van der Waals surface area contributed by atoms with Crippen molar-refractivity contribution < 1.29 is 8.42 Å². The number of halogens is 1. The maximum atomic E-state index is 12.4. The van der Waals surface area contributed by atoms with Gasteiger partial charge < -0.3 is 10.2 Å². The summed E-state index contributed by atoms with van der Waals surface area (Å²) in [6.07, 6.45) is 0.958. The minimum Gasteiger partial charge on any atom is -0.355 e. The molecule has 0 atom stereocenters. The number of nitrogens with zero attached hydrogens (tertiary/aromatic N) is 2. The van der Waals surface area contributed by atoms with Crippen LogP contribution in [0.15, 0.2) is 58.4 Å². The van der Waals surface area contributed by atoms with E-state index in [1.165, 1.54) is 17.7 Å². The van der Waals surface area contributed by atoms with Crippen molar-refractivity contribution in [2.24, 2.45) is 4.99 Å². The smallest absolute Gasteiger partial charge is 0.198 e. The van der Waals surface area contributed by atoms with Crippen LogP contribution in [0, 0.1) is 0 Å². The van der Waals surface area contributed by atoms with Gasteiger partial charge >= 0.3 is 0 Å². The zero-order valence-electron chi connectivity index (χ0n) is 13.9. The Hall–Kier alpha value is -2.05. The average Bonchev–Trinajstić information content (AvgIpc) is 3.03. The third-order valence-corrected chi connectivity index (χ3v) is 6.17. The van der Waals surface area contributed by atoms with Gasteiger partial charge in [0.1, 0.15) is 0 Å². The second-order valence-corrected chi connectivity index (χ2v) is 8.32. The molecule has 7 heteroatoms. The number of hydrogen-bond donors (Lipinski definition) is 1. The molecule has 1 aliphatic rings. The first kappa shape index (κ1) is 17.8. The van der Waals surface area contributed by atoms with E-state index >= 15 is 0 Å². The average molecular weight is 378 g/mol. The first-order valence-electron chi connectivity index (χ1n) is 8.06. The van der Waals surface area contributed by atoms with Crippen molar-refractivity contribution in [3.8, 4) is 0 Å². The van der Waals surface area contributed by atoms with Crippen LogP contribution in [0.2, 0.25) is 5.02 Å². The van der Waals surface area contributed by atoms with Crippen molar-refractivity contribution in [2.45, 2.75) is 11.3 Å². The second kappa shape index (κ2) is 7.45. The number of nitrogens with one attached hydrogen (secondary N) is 1. The molecule has 0 bridgehead atoms.